The molecule has 3 amide bonds. The Bertz CT molecular complexity index is 1420. The first kappa shape index (κ1) is 26.0. The van der Waals surface area contributed by atoms with Crippen molar-refractivity contribution in [3.8, 4) is 0 Å². The van der Waals surface area contributed by atoms with E-state index in [1.54, 1.807) is 36.4 Å². The lowest BCUT2D eigenvalue weighted by Crippen LogP contribution is -2.30. The molecule has 0 radical (unpaired) electrons. The van der Waals surface area contributed by atoms with E-state index in [0.29, 0.717) is 29.8 Å². The number of nitrogens with zero attached hydrogens (tertiary/aromatic N) is 1. The van der Waals surface area contributed by atoms with Gasteiger partial charge in [0.25, 0.3) is 5.91 Å². The van der Waals surface area contributed by atoms with Crippen LogP contribution in [0.3, 0.4) is 0 Å². The van der Waals surface area contributed by atoms with Crippen LogP contribution in [0.5, 0.6) is 0 Å². The van der Waals surface area contributed by atoms with Gasteiger partial charge in [0.05, 0.1) is 23.1 Å². The molecule has 3 atom stereocenters. The van der Waals surface area contributed by atoms with E-state index in [2.05, 4.69) is 17.4 Å². The van der Waals surface area contributed by atoms with Crippen LogP contribution >= 0.6 is 0 Å². The van der Waals surface area contributed by atoms with Crippen LogP contribution in [-0.2, 0) is 19.1 Å². The highest BCUT2D eigenvalue weighted by atomic mass is 16.5. The molecular formula is C31H28N2O6. The zero-order valence-electron chi connectivity index (χ0n) is 21.5. The fourth-order valence-electron chi connectivity index (χ4n) is 5.41. The number of carbonyl (C=O) groups is 5. The minimum Gasteiger partial charge on any atom is -0.452 e. The summed E-state index contributed by atoms with van der Waals surface area (Å²) in [4.78, 5) is 63.7. The van der Waals surface area contributed by atoms with Crippen LogP contribution in [0, 0.1) is 11.8 Å². The summed E-state index contributed by atoms with van der Waals surface area (Å²) in [5.74, 6) is -2.13. The molecule has 39 heavy (non-hydrogen) atoms. The van der Waals surface area contributed by atoms with E-state index in [-0.39, 0.29) is 40.9 Å². The molecule has 0 bridgehead atoms. The van der Waals surface area contributed by atoms with Crippen molar-refractivity contribution in [1.82, 2.24) is 0 Å². The number of hydrogen-bond donors (Lipinski definition) is 1. The van der Waals surface area contributed by atoms with Crippen LogP contribution in [0.4, 0.5) is 11.4 Å². The third-order valence-electron chi connectivity index (χ3n) is 7.47. The molecule has 0 aromatic heterocycles. The zero-order valence-corrected chi connectivity index (χ0v) is 21.5. The number of ether oxygens (including phenoxy) is 1. The number of Topliss-reactive ketones (excluding diaryl/α,β-unsaturated/α-hetero) is 1. The smallest absolute Gasteiger partial charge is 0.338 e. The zero-order chi connectivity index (χ0) is 27.5. The molecule has 3 aromatic carbocycles. The van der Waals surface area contributed by atoms with Gasteiger partial charge >= 0.3 is 5.97 Å². The normalized spacial score (nSPS) is 20.3. The molecule has 8 nitrogen and oxygen atoms in total. The fourth-order valence-corrected chi connectivity index (χ4v) is 5.41. The SMILES string of the molecule is CC(=O)c1ccc(NC(=O)COC(=O)c2ccc(N3C(=O)[C@H]4C[C@@H](c5ccccc5)CC[C@H]4C3=O)cc2)cc1. The van der Waals surface area contributed by atoms with E-state index >= 15 is 0 Å². The van der Waals surface area contributed by atoms with E-state index in [0.717, 1.165) is 6.42 Å². The van der Waals surface area contributed by atoms with Gasteiger partial charge in [-0.05, 0) is 86.2 Å². The van der Waals surface area contributed by atoms with Crippen LogP contribution in [-0.4, -0.2) is 36.1 Å². The van der Waals surface area contributed by atoms with Crippen molar-refractivity contribution in [3.63, 3.8) is 0 Å². The number of imide groups is 1. The number of fused-ring (bicyclic) bond motifs is 1. The molecule has 2 fully saturated rings. The molecule has 0 unspecified atom stereocenters. The van der Waals surface area contributed by atoms with Crippen LogP contribution in [0.15, 0.2) is 78.9 Å². The number of esters is 1. The van der Waals surface area contributed by atoms with Crippen molar-refractivity contribution < 1.29 is 28.7 Å². The second kappa shape index (κ2) is 11.0. The fraction of sp³-hybridized carbons (Fsp3) is 0.258. The number of rotatable bonds is 7. The largest absolute Gasteiger partial charge is 0.452 e. The number of amides is 3. The lowest BCUT2D eigenvalue weighted by molar-refractivity contribution is -0.122. The lowest BCUT2D eigenvalue weighted by atomic mass is 9.73. The van der Waals surface area contributed by atoms with E-state index in [1.165, 1.54) is 29.5 Å². The van der Waals surface area contributed by atoms with Gasteiger partial charge in [-0.15, -0.1) is 0 Å². The number of anilines is 2. The summed E-state index contributed by atoms with van der Waals surface area (Å²) in [5, 5.41) is 2.60. The Labute approximate surface area is 226 Å². The summed E-state index contributed by atoms with van der Waals surface area (Å²) in [6.07, 6.45) is 2.17. The predicted molar refractivity (Wildman–Crippen MR) is 144 cm³/mol. The molecule has 2 aliphatic rings. The van der Waals surface area contributed by atoms with Gasteiger partial charge in [0.1, 0.15) is 0 Å². The maximum atomic E-state index is 13.3. The standard InChI is InChI=1S/C31H28N2O6/c1-19(34)20-7-12-24(13-8-20)32-28(35)18-39-31(38)22-9-14-25(15-10-22)33-29(36)26-16-11-23(17-27(26)30(33)37)21-5-3-2-4-6-21/h2-10,12-15,23,26-27H,11,16-18H2,1H3,(H,32,35)/t23-,26+,27-/m0/s1. The third-order valence-corrected chi connectivity index (χ3v) is 7.47. The monoisotopic (exact) mass is 524 g/mol. The highest BCUT2D eigenvalue weighted by molar-refractivity contribution is 6.22. The number of carbonyl (C=O) groups excluding carboxylic acids is 5. The van der Waals surface area contributed by atoms with E-state index in [1.807, 2.05) is 18.2 Å². The summed E-state index contributed by atoms with van der Waals surface area (Å²) < 4.78 is 5.11. The molecule has 1 saturated carbocycles. The Morgan fingerprint density at radius 1 is 0.821 bits per heavy atom. The van der Waals surface area contributed by atoms with Gasteiger partial charge in [0.15, 0.2) is 12.4 Å². The first-order chi connectivity index (χ1) is 18.8. The van der Waals surface area contributed by atoms with Gasteiger partial charge in [-0.25, -0.2) is 4.79 Å². The molecular weight excluding hydrogens is 496 g/mol. The first-order valence-corrected chi connectivity index (χ1v) is 12.9. The van der Waals surface area contributed by atoms with E-state index in [9.17, 15) is 24.0 Å². The molecule has 3 aromatic rings. The lowest BCUT2D eigenvalue weighted by Gasteiger charge is -2.28. The topological polar surface area (TPSA) is 110 Å². The van der Waals surface area contributed by atoms with Crippen molar-refractivity contribution >= 4 is 40.8 Å². The van der Waals surface area contributed by atoms with Crippen molar-refractivity contribution in [2.24, 2.45) is 11.8 Å². The summed E-state index contributed by atoms with van der Waals surface area (Å²) in [6.45, 7) is 0.956. The summed E-state index contributed by atoms with van der Waals surface area (Å²) in [5.41, 5.74) is 2.80. The minimum atomic E-state index is -0.706. The Kier molecular flexibility index (Phi) is 7.36. The second-order valence-corrected chi connectivity index (χ2v) is 9.95. The van der Waals surface area contributed by atoms with Gasteiger partial charge in [0, 0.05) is 11.3 Å². The summed E-state index contributed by atoms with van der Waals surface area (Å²) >= 11 is 0. The van der Waals surface area contributed by atoms with Crippen LogP contribution in [0.25, 0.3) is 0 Å². The Morgan fingerprint density at radius 2 is 1.46 bits per heavy atom. The average molecular weight is 525 g/mol. The van der Waals surface area contributed by atoms with Crippen LogP contribution < -0.4 is 10.2 Å². The van der Waals surface area contributed by atoms with Crippen LogP contribution in [0.2, 0.25) is 0 Å². The maximum absolute atomic E-state index is 13.3. The second-order valence-electron chi connectivity index (χ2n) is 9.95. The molecule has 1 aliphatic carbocycles. The summed E-state index contributed by atoms with van der Waals surface area (Å²) in [6, 6.07) is 22.5. The maximum Gasteiger partial charge on any atom is 0.338 e. The Balaban J connectivity index is 1.18. The molecule has 8 heteroatoms. The van der Waals surface area contributed by atoms with E-state index < -0.39 is 18.5 Å². The number of nitrogens with one attached hydrogen (secondary N) is 1. The highest BCUT2D eigenvalue weighted by Crippen LogP contribution is 2.45. The quantitative estimate of drug-likeness (QED) is 0.271. The molecule has 5 rings (SSSR count). The number of hydrogen-bond acceptors (Lipinski definition) is 6. The molecule has 1 saturated heterocycles. The molecule has 1 N–H and O–H groups in total. The van der Waals surface area contributed by atoms with Gasteiger partial charge in [0.2, 0.25) is 11.8 Å². The van der Waals surface area contributed by atoms with Gasteiger partial charge in [-0.2, -0.15) is 0 Å². The van der Waals surface area contributed by atoms with Crippen molar-refractivity contribution in [2.45, 2.75) is 32.1 Å². The van der Waals surface area contributed by atoms with E-state index in [4.69, 9.17) is 4.74 Å². The van der Waals surface area contributed by atoms with Crippen LogP contribution in [0.1, 0.15) is 58.4 Å². The molecule has 1 aliphatic heterocycles. The molecule has 198 valence electrons. The van der Waals surface area contributed by atoms with Crippen molar-refractivity contribution in [2.75, 3.05) is 16.8 Å². The molecule has 1 heterocycles. The number of ketones is 1. The first-order valence-electron chi connectivity index (χ1n) is 12.9. The van der Waals surface area contributed by atoms with Crippen molar-refractivity contribution in [1.29, 1.82) is 0 Å². The van der Waals surface area contributed by atoms with Gasteiger partial charge in [-0.1, -0.05) is 30.3 Å². The Morgan fingerprint density at radius 3 is 2.13 bits per heavy atom. The minimum absolute atomic E-state index is 0.0821. The number of benzene rings is 3. The predicted octanol–water partition coefficient (Wildman–Crippen LogP) is 4.76. The Hall–Kier alpha value is -4.59. The third kappa shape index (κ3) is 5.50. The van der Waals surface area contributed by atoms with Crippen molar-refractivity contribution in [3.05, 3.63) is 95.6 Å². The van der Waals surface area contributed by atoms with Gasteiger partial charge < -0.3 is 10.1 Å². The average Bonchev–Trinajstić information content (AvgIpc) is 3.21. The summed E-state index contributed by atoms with van der Waals surface area (Å²) in [7, 11) is 0. The molecule has 0 spiro atoms. The van der Waals surface area contributed by atoms with Gasteiger partial charge in [-0.3, -0.25) is 24.1 Å². The highest BCUT2D eigenvalue weighted by Gasteiger charge is 2.50.